The van der Waals surface area contributed by atoms with Gasteiger partial charge in [0.05, 0.1) is 5.56 Å². The summed E-state index contributed by atoms with van der Waals surface area (Å²) in [6.45, 7) is 4.34. The van der Waals surface area contributed by atoms with Crippen molar-refractivity contribution in [2.24, 2.45) is 5.92 Å². The van der Waals surface area contributed by atoms with Crippen molar-refractivity contribution in [2.75, 3.05) is 26.2 Å². The number of carbonyl (C=O) groups is 2. The third-order valence-electron chi connectivity index (χ3n) is 5.49. The van der Waals surface area contributed by atoms with Crippen molar-refractivity contribution in [1.29, 1.82) is 0 Å². The maximum absolute atomic E-state index is 12.5. The van der Waals surface area contributed by atoms with E-state index in [1.807, 2.05) is 17.0 Å². The lowest BCUT2D eigenvalue weighted by Crippen LogP contribution is -2.35. The Kier molecular flexibility index (Phi) is 6.08. The molecule has 5 heteroatoms. The Balaban J connectivity index is 1.49. The molecule has 3 rings (SSSR count). The first-order valence-electron chi connectivity index (χ1n) is 9.44. The molecule has 1 heterocycles. The Morgan fingerprint density at radius 2 is 1.68 bits per heavy atom. The predicted octanol–water partition coefficient (Wildman–Crippen LogP) is 3.00. The second-order valence-corrected chi connectivity index (χ2v) is 7.37. The van der Waals surface area contributed by atoms with E-state index in [1.54, 1.807) is 12.1 Å². The van der Waals surface area contributed by atoms with Crippen LogP contribution >= 0.6 is 0 Å². The molecular formula is C20H28N2O3. The molecule has 0 unspecified atom stereocenters. The van der Waals surface area contributed by atoms with Crippen LogP contribution in [0, 0.1) is 5.92 Å². The smallest absolute Gasteiger partial charge is 0.335 e. The summed E-state index contributed by atoms with van der Waals surface area (Å²) >= 11 is 0. The van der Waals surface area contributed by atoms with E-state index >= 15 is 0 Å². The van der Waals surface area contributed by atoms with Crippen molar-refractivity contribution in [1.82, 2.24) is 9.80 Å². The van der Waals surface area contributed by atoms with Gasteiger partial charge in [0, 0.05) is 39.1 Å². The second-order valence-electron chi connectivity index (χ2n) is 7.37. The molecular weight excluding hydrogens is 316 g/mol. The van der Waals surface area contributed by atoms with Crippen LogP contribution in [0.3, 0.4) is 0 Å². The van der Waals surface area contributed by atoms with Gasteiger partial charge in [0.15, 0.2) is 0 Å². The van der Waals surface area contributed by atoms with Crippen molar-refractivity contribution in [3.63, 3.8) is 0 Å². The second kappa shape index (κ2) is 8.48. The molecule has 0 atom stereocenters. The van der Waals surface area contributed by atoms with E-state index in [0.29, 0.717) is 17.4 Å². The average Bonchev–Trinajstić information content (AvgIpc) is 2.99. The van der Waals surface area contributed by atoms with E-state index in [0.717, 1.165) is 51.1 Å². The van der Waals surface area contributed by atoms with Gasteiger partial charge < -0.3 is 10.0 Å². The van der Waals surface area contributed by atoms with Gasteiger partial charge in [-0.3, -0.25) is 9.69 Å². The molecule has 5 nitrogen and oxygen atoms in total. The van der Waals surface area contributed by atoms with Crippen LogP contribution in [0.4, 0.5) is 0 Å². The highest BCUT2D eigenvalue weighted by atomic mass is 16.4. The van der Waals surface area contributed by atoms with Gasteiger partial charge in [-0.25, -0.2) is 4.79 Å². The zero-order valence-corrected chi connectivity index (χ0v) is 14.8. The molecule has 2 aliphatic rings. The fourth-order valence-electron chi connectivity index (χ4n) is 3.98. The van der Waals surface area contributed by atoms with E-state index in [9.17, 15) is 9.59 Å². The molecule has 1 aliphatic heterocycles. The molecule has 2 fully saturated rings. The summed E-state index contributed by atoms with van der Waals surface area (Å²) in [7, 11) is 0. The summed E-state index contributed by atoms with van der Waals surface area (Å²) in [5.41, 5.74) is 1.44. The Bertz CT molecular complexity index is 593. The number of hydrogen-bond acceptors (Lipinski definition) is 3. The first-order valence-corrected chi connectivity index (χ1v) is 9.44. The van der Waals surface area contributed by atoms with E-state index in [1.165, 1.54) is 25.7 Å². The third kappa shape index (κ3) is 5.05. The van der Waals surface area contributed by atoms with Gasteiger partial charge in [-0.2, -0.15) is 0 Å². The number of hydrogen-bond donors (Lipinski definition) is 1. The fourth-order valence-corrected chi connectivity index (χ4v) is 3.98. The lowest BCUT2D eigenvalue weighted by atomic mass is 10.0. The Labute approximate surface area is 149 Å². The van der Waals surface area contributed by atoms with Crippen LogP contribution in [0.25, 0.3) is 0 Å². The number of carboxylic acids is 1. The summed E-state index contributed by atoms with van der Waals surface area (Å²) < 4.78 is 0. The van der Waals surface area contributed by atoms with Crippen molar-refractivity contribution < 1.29 is 14.7 Å². The minimum Gasteiger partial charge on any atom is -0.478 e. The van der Waals surface area contributed by atoms with Crippen LogP contribution in [0.15, 0.2) is 24.3 Å². The standard InChI is InChI=1S/C20H28N2O3/c23-19(14-16-4-1-2-5-16)22-11-3-10-21(12-13-22)15-17-6-8-18(9-7-17)20(24)25/h6-9,16H,1-5,10-15H2,(H,24,25). The molecule has 136 valence electrons. The predicted molar refractivity (Wildman–Crippen MR) is 96.5 cm³/mol. The van der Waals surface area contributed by atoms with Crippen LogP contribution in [0.1, 0.15) is 54.4 Å². The summed E-state index contributed by atoms with van der Waals surface area (Å²) in [6.07, 6.45) is 6.75. The summed E-state index contributed by atoms with van der Waals surface area (Å²) in [5, 5.41) is 8.97. The monoisotopic (exact) mass is 344 g/mol. The zero-order valence-electron chi connectivity index (χ0n) is 14.8. The highest BCUT2D eigenvalue weighted by molar-refractivity contribution is 5.87. The number of carboxylic acid groups (broad SMARTS) is 1. The largest absolute Gasteiger partial charge is 0.478 e. The molecule has 25 heavy (non-hydrogen) atoms. The van der Waals surface area contributed by atoms with Gasteiger partial charge in [-0.15, -0.1) is 0 Å². The molecule has 1 aliphatic carbocycles. The summed E-state index contributed by atoms with van der Waals surface area (Å²) in [4.78, 5) is 27.9. The Hall–Kier alpha value is -1.88. The Morgan fingerprint density at radius 1 is 0.960 bits per heavy atom. The highest BCUT2D eigenvalue weighted by Gasteiger charge is 2.24. The highest BCUT2D eigenvalue weighted by Crippen LogP contribution is 2.28. The van der Waals surface area contributed by atoms with Crippen LogP contribution in [-0.2, 0) is 11.3 Å². The maximum atomic E-state index is 12.5. The molecule has 1 saturated carbocycles. The van der Waals surface area contributed by atoms with Crippen LogP contribution in [-0.4, -0.2) is 53.0 Å². The average molecular weight is 344 g/mol. The number of aromatic carboxylic acids is 1. The topological polar surface area (TPSA) is 60.9 Å². The van der Waals surface area contributed by atoms with Gasteiger partial charge in [-0.1, -0.05) is 25.0 Å². The van der Waals surface area contributed by atoms with E-state index in [4.69, 9.17) is 5.11 Å². The molecule has 1 N–H and O–H groups in total. The lowest BCUT2D eigenvalue weighted by molar-refractivity contribution is -0.132. The van der Waals surface area contributed by atoms with Crippen LogP contribution in [0.2, 0.25) is 0 Å². The summed E-state index contributed by atoms with van der Waals surface area (Å²) in [6, 6.07) is 7.09. The molecule has 1 saturated heterocycles. The normalized spacial score (nSPS) is 19.8. The van der Waals surface area contributed by atoms with Gasteiger partial charge >= 0.3 is 5.97 Å². The van der Waals surface area contributed by atoms with Crippen molar-refractivity contribution in [2.45, 2.75) is 45.1 Å². The van der Waals surface area contributed by atoms with E-state index < -0.39 is 5.97 Å². The molecule has 0 aromatic heterocycles. The molecule has 0 radical (unpaired) electrons. The summed E-state index contributed by atoms with van der Waals surface area (Å²) in [5.74, 6) is 0.0527. The van der Waals surface area contributed by atoms with Crippen LogP contribution in [0.5, 0.6) is 0 Å². The fraction of sp³-hybridized carbons (Fsp3) is 0.600. The van der Waals surface area contributed by atoms with Crippen molar-refractivity contribution >= 4 is 11.9 Å². The molecule has 1 amide bonds. The lowest BCUT2D eigenvalue weighted by Gasteiger charge is -2.23. The van der Waals surface area contributed by atoms with Crippen molar-refractivity contribution in [3.8, 4) is 0 Å². The molecule has 0 spiro atoms. The minimum atomic E-state index is -0.891. The molecule has 1 aromatic carbocycles. The van der Waals surface area contributed by atoms with Gasteiger partial charge in [0.2, 0.25) is 5.91 Å². The van der Waals surface area contributed by atoms with Crippen molar-refractivity contribution in [3.05, 3.63) is 35.4 Å². The molecule has 0 bridgehead atoms. The van der Waals surface area contributed by atoms with Gasteiger partial charge in [0.1, 0.15) is 0 Å². The van der Waals surface area contributed by atoms with E-state index in [-0.39, 0.29) is 0 Å². The Morgan fingerprint density at radius 3 is 2.36 bits per heavy atom. The number of nitrogens with zero attached hydrogens (tertiary/aromatic N) is 2. The number of amides is 1. The van der Waals surface area contributed by atoms with E-state index in [2.05, 4.69) is 4.90 Å². The maximum Gasteiger partial charge on any atom is 0.335 e. The van der Waals surface area contributed by atoms with Gasteiger partial charge in [0.25, 0.3) is 0 Å². The minimum absolute atomic E-state index is 0.323. The number of benzene rings is 1. The van der Waals surface area contributed by atoms with Gasteiger partial charge in [-0.05, 0) is 42.9 Å². The first kappa shape index (κ1) is 17.9. The molecule has 1 aromatic rings. The first-order chi connectivity index (χ1) is 12.1. The third-order valence-corrected chi connectivity index (χ3v) is 5.49. The number of carbonyl (C=O) groups excluding carboxylic acids is 1. The van der Waals surface area contributed by atoms with Crippen LogP contribution < -0.4 is 0 Å². The number of rotatable bonds is 5. The zero-order chi connectivity index (χ0) is 17.6. The SMILES string of the molecule is O=C(O)c1ccc(CN2CCCN(C(=O)CC3CCCC3)CC2)cc1. The quantitative estimate of drug-likeness (QED) is 0.892.